The maximum absolute atomic E-state index is 12.6. The molecule has 1 aromatic rings. The molecule has 4 heteroatoms. The van der Waals surface area contributed by atoms with Crippen LogP contribution in [0.4, 0.5) is 0 Å². The number of likely N-dealkylation sites (N-methyl/N-ethyl adjacent to an activating group) is 1. The minimum atomic E-state index is -3.18. The monoisotopic (exact) mass is 269 g/mol. The van der Waals surface area contributed by atoms with E-state index in [1.54, 1.807) is 13.8 Å². The number of nitrogens with zero attached hydrogens (tertiary/aromatic N) is 1. The van der Waals surface area contributed by atoms with Crippen molar-refractivity contribution >= 4 is 9.84 Å². The van der Waals surface area contributed by atoms with Crippen LogP contribution < -0.4 is 0 Å². The van der Waals surface area contributed by atoms with Gasteiger partial charge >= 0.3 is 0 Å². The first-order valence-corrected chi connectivity index (χ1v) is 7.83. The van der Waals surface area contributed by atoms with Crippen LogP contribution in [0.1, 0.15) is 31.6 Å². The Morgan fingerprint density at radius 1 is 1.00 bits per heavy atom. The van der Waals surface area contributed by atoms with Gasteiger partial charge in [0.25, 0.3) is 0 Å². The van der Waals surface area contributed by atoms with Gasteiger partial charge in [0.2, 0.25) is 0 Å². The predicted molar refractivity (Wildman–Crippen MR) is 76.4 cm³/mol. The second-order valence-corrected chi connectivity index (χ2v) is 7.80. The molecule has 0 radical (unpaired) electrons. The summed E-state index contributed by atoms with van der Waals surface area (Å²) in [5.74, 6) is 0. The third-order valence-electron chi connectivity index (χ3n) is 3.39. The molecule has 1 unspecified atom stereocenters. The number of hydrogen-bond acceptors (Lipinski definition) is 3. The third-order valence-corrected chi connectivity index (χ3v) is 6.08. The number of hydrogen-bond donors (Lipinski definition) is 0. The van der Waals surface area contributed by atoms with Gasteiger partial charge in [-0.15, -0.1) is 0 Å². The lowest BCUT2D eigenvalue weighted by atomic mass is 10.1. The van der Waals surface area contributed by atoms with Crippen molar-refractivity contribution in [3.05, 3.63) is 35.9 Å². The maximum Gasteiger partial charge on any atom is 0.161 e. The molecule has 102 valence electrons. The van der Waals surface area contributed by atoms with Crippen molar-refractivity contribution in [1.82, 2.24) is 4.90 Å². The van der Waals surface area contributed by atoms with Crippen LogP contribution in [0, 0.1) is 0 Å². The highest BCUT2D eigenvalue weighted by Crippen LogP contribution is 2.31. The van der Waals surface area contributed by atoms with Gasteiger partial charge in [0.05, 0.1) is 5.25 Å². The van der Waals surface area contributed by atoms with E-state index in [-0.39, 0.29) is 11.3 Å². The summed E-state index contributed by atoms with van der Waals surface area (Å²) >= 11 is 0. The summed E-state index contributed by atoms with van der Waals surface area (Å²) in [6.45, 7) is 5.44. The molecule has 1 aromatic carbocycles. The molecule has 0 aliphatic heterocycles. The summed E-state index contributed by atoms with van der Waals surface area (Å²) in [5, 5.41) is -0.848. The van der Waals surface area contributed by atoms with Gasteiger partial charge in [0.15, 0.2) is 9.84 Å². The van der Waals surface area contributed by atoms with Gasteiger partial charge in [-0.3, -0.25) is 0 Å². The Hall–Kier alpha value is -0.870. The average Bonchev–Trinajstić information content (AvgIpc) is 2.29. The fourth-order valence-corrected chi connectivity index (χ4v) is 3.86. The molecule has 0 aromatic heterocycles. The first-order chi connectivity index (χ1) is 8.28. The summed E-state index contributed by atoms with van der Waals surface area (Å²) in [6, 6.07) is 9.42. The number of rotatable bonds is 5. The molecular formula is C14H23NO2S. The number of sulfone groups is 1. The Morgan fingerprint density at radius 3 is 1.89 bits per heavy atom. The summed E-state index contributed by atoms with van der Waals surface area (Å²) in [4.78, 5) is 1.96. The zero-order valence-electron chi connectivity index (χ0n) is 11.8. The molecule has 0 spiro atoms. The van der Waals surface area contributed by atoms with E-state index in [1.165, 1.54) is 0 Å². The van der Waals surface area contributed by atoms with Gasteiger partial charge in [-0.05, 0) is 40.4 Å². The Morgan fingerprint density at radius 2 is 1.50 bits per heavy atom. The molecule has 0 fully saturated rings. The van der Waals surface area contributed by atoms with Crippen molar-refractivity contribution in [3.63, 3.8) is 0 Å². The van der Waals surface area contributed by atoms with Gasteiger partial charge in [0.1, 0.15) is 5.25 Å². The highest BCUT2D eigenvalue weighted by atomic mass is 32.2. The molecule has 0 aliphatic rings. The fourth-order valence-electron chi connectivity index (χ4n) is 1.95. The topological polar surface area (TPSA) is 37.4 Å². The second kappa shape index (κ2) is 5.85. The van der Waals surface area contributed by atoms with Crippen molar-refractivity contribution in [2.75, 3.05) is 14.1 Å². The highest BCUT2D eigenvalue weighted by Gasteiger charge is 2.35. The van der Waals surface area contributed by atoms with Crippen molar-refractivity contribution in [1.29, 1.82) is 0 Å². The van der Waals surface area contributed by atoms with E-state index in [0.717, 1.165) is 5.56 Å². The van der Waals surface area contributed by atoms with Crippen molar-refractivity contribution in [2.45, 2.75) is 37.3 Å². The smallest absolute Gasteiger partial charge is 0.161 e. The van der Waals surface area contributed by atoms with E-state index < -0.39 is 15.1 Å². The zero-order valence-corrected chi connectivity index (χ0v) is 12.6. The van der Waals surface area contributed by atoms with Crippen molar-refractivity contribution < 1.29 is 8.42 Å². The minimum absolute atomic E-state index is 0.0557. The van der Waals surface area contributed by atoms with E-state index in [2.05, 4.69) is 0 Å². The minimum Gasteiger partial charge on any atom is -0.305 e. The summed E-state index contributed by atoms with van der Waals surface area (Å²) in [7, 11) is 0.648. The zero-order chi connectivity index (χ0) is 13.9. The fraction of sp³-hybridized carbons (Fsp3) is 0.571. The van der Waals surface area contributed by atoms with Crippen LogP contribution in [0.2, 0.25) is 0 Å². The second-order valence-electron chi connectivity index (χ2n) is 5.17. The van der Waals surface area contributed by atoms with E-state index >= 15 is 0 Å². The van der Waals surface area contributed by atoms with Gasteiger partial charge in [-0.2, -0.15) is 0 Å². The van der Waals surface area contributed by atoms with Crippen LogP contribution in [0.5, 0.6) is 0 Å². The molecule has 18 heavy (non-hydrogen) atoms. The molecule has 0 bridgehead atoms. The lowest BCUT2D eigenvalue weighted by Gasteiger charge is -2.30. The first kappa shape index (κ1) is 15.2. The largest absolute Gasteiger partial charge is 0.305 e. The molecule has 2 atom stereocenters. The lowest BCUT2D eigenvalue weighted by molar-refractivity contribution is 0.301. The van der Waals surface area contributed by atoms with Crippen LogP contribution in [0.3, 0.4) is 0 Å². The Kier molecular flexibility index (Phi) is 4.93. The molecule has 0 N–H and O–H groups in total. The lowest BCUT2D eigenvalue weighted by Crippen LogP contribution is -2.38. The Balaban J connectivity index is 3.29. The van der Waals surface area contributed by atoms with Gasteiger partial charge in [0, 0.05) is 6.04 Å². The average molecular weight is 269 g/mol. The van der Waals surface area contributed by atoms with Crippen LogP contribution in [0.25, 0.3) is 0 Å². The van der Waals surface area contributed by atoms with E-state index in [1.807, 2.05) is 56.3 Å². The standard InChI is InChI=1S/C14H23NO2S/c1-11(2)18(16,17)14(12(3)15(4)5)13-9-7-6-8-10-13/h6-12,14H,1-5H3/t12-,14?/m0/s1. The van der Waals surface area contributed by atoms with E-state index in [9.17, 15) is 8.42 Å². The maximum atomic E-state index is 12.6. The van der Waals surface area contributed by atoms with Crippen LogP contribution in [0.15, 0.2) is 30.3 Å². The quantitative estimate of drug-likeness (QED) is 0.824. The molecule has 0 amide bonds. The summed E-state index contributed by atoms with van der Waals surface area (Å²) in [6.07, 6.45) is 0. The van der Waals surface area contributed by atoms with Crippen LogP contribution in [-0.2, 0) is 9.84 Å². The van der Waals surface area contributed by atoms with Gasteiger partial charge in [-0.25, -0.2) is 8.42 Å². The Bertz CT molecular complexity index is 466. The van der Waals surface area contributed by atoms with Gasteiger partial charge < -0.3 is 4.90 Å². The Labute approximate surface area is 111 Å². The molecule has 0 saturated carbocycles. The van der Waals surface area contributed by atoms with Crippen molar-refractivity contribution in [2.24, 2.45) is 0 Å². The normalized spacial score (nSPS) is 15.9. The van der Waals surface area contributed by atoms with Gasteiger partial charge in [-0.1, -0.05) is 30.3 Å². The summed E-state index contributed by atoms with van der Waals surface area (Å²) in [5.41, 5.74) is 0.868. The van der Waals surface area contributed by atoms with Crippen LogP contribution >= 0.6 is 0 Å². The molecule has 0 heterocycles. The van der Waals surface area contributed by atoms with Crippen molar-refractivity contribution in [3.8, 4) is 0 Å². The third kappa shape index (κ3) is 3.12. The van der Waals surface area contributed by atoms with E-state index in [4.69, 9.17) is 0 Å². The summed E-state index contributed by atoms with van der Waals surface area (Å²) < 4.78 is 25.1. The highest BCUT2D eigenvalue weighted by molar-refractivity contribution is 7.92. The van der Waals surface area contributed by atoms with Crippen LogP contribution in [-0.4, -0.2) is 38.7 Å². The first-order valence-electron chi connectivity index (χ1n) is 6.22. The molecule has 0 aliphatic carbocycles. The molecule has 0 saturated heterocycles. The number of benzene rings is 1. The predicted octanol–water partition coefficient (Wildman–Crippen LogP) is 2.50. The SMILES string of the molecule is CC(C)S(=O)(=O)C(c1ccccc1)[C@H](C)N(C)C. The molecule has 3 nitrogen and oxygen atoms in total. The molecule has 1 rings (SSSR count). The molecular weight excluding hydrogens is 246 g/mol. The van der Waals surface area contributed by atoms with E-state index in [0.29, 0.717) is 0 Å².